The summed E-state index contributed by atoms with van der Waals surface area (Å²) in [4.78, 5) is 2.10. The third kappa shape index (κ3) is 4.22. The van der Waals surface area contributed by atoms with E-state index in [2.05, 4.69) is 34.1 Å². The van der Waals surface area contributed by atoms with Gasteiger partial charge >= 0.3 is 0 Å². The average molecular weight is 366 g/mol. The van der Waals surface area contributed by atoms with Gasteiger partial charge in [0.1, 0.15) is 18.7 Å². The molecule has 0 aromatic heterocycles. The maximum absolute atomic E-state index is 12.3. The first-order valence-electron chi connectivity index (χ1n) is 8.36. The van der Waals surface area contributed by atoms with Gasteiger partial charge in [-0.25, -0.2) is 4.39 Å². The van der Waals surface area contributed by atoms with Crippen molar-refractivity contribution in [2.45, 2.75) is 30.8 Å². The van der Waals surface area contributed by atoms with Crippen LogP contribution in [-0.4, -0.2) is 42.3 Å². The van der Waals surface area contributed by atoms with Crippen LogP contribution in [-0.2, 0) is 5.41 Å². The third-order valence-corrected chi connectivity index (χ3v) is 4.87. The van der Waals surface area contributed by atoms with Gasteiger partial charge in [-0.2, -0.15) is 5.10 Å². The van der Waals surface area contributed by atoms with Crippen LogP contribution in [0, 0.1) is 0 Å². The molecule has 1 saturated carbocycles. The molecule has 1 aliphatic carbocycles. The molecule has 6 heteroatoms. The van der Waals surface area contributed by atoms with E-state index in [1.54, 1.807) is 0 Å². The Morgan fingerprint density at radius 2 is 2.08 bits per heavy atom. The van der Waals surface area contributed by atoms with Gasteiger partial charge in [0, 0.05) is 12.1 Å². The largest absolute Gasteiger partial charge is 0.392 e. The second kappa shape index (κ2) is 9.02. The number of benzene rings is 1. The SMILES string of the molecule is C=CCO.CN1C(C2(c3ccc(Cl)cc3)CCC2)=NNC1/C=C/CF. The number of alkyl halides is 1. The Hall–Kier alpha value is -1.85. The topological polar surface area (TPSA) is 47.9 Å². The Bertz CT molecular complexity index is 626. The van der Waals surface area contributed by atoms with E-state index in [9.17, 15) is 4.39 Å². The summed E-state index contributed by atoms with van der Waals surface area (Å²) in [6.45, 7) is 2.86. The van der Waals surface area contributed by atoms with Crippen LogP contribution in [0.15, 0.2) is 54.2 Å². The average Bonchev–Trinajstić information content (AvgIpc) is 2.95. The number of nitrogens with zero attached hydrogens (tertiary/aromatic N) is 2. The molecule has 1 heterocycles. The molecule has 1 aliphatic heterocycles. The van der Waals surface area contributed by atoms with Crippen molar-refractivity contribution in [1.29, 1.82) is 0 Å². The van der Waals surface area contributed by atoms with Gasteiger partial charge in [-0.3, -0.25) is 5.43 Å². The standard InChI is InChI=1S/C16H19ClFN3.C3H6O/c1-21-14(4-2-11-18)19-20-15(21)16(9-3-10-16)12-5-7-13(17)8-6-12;1-2-3-4/h2,4-8,14,19H,3,9-11H2,1H3;2,4H,1,3H2/b4-2+;. The summed E-state index contributed by atoms with van der Waals surface area (Å²) in [5.41, 5.74) is 4.29. The lowest BCUT2D eigenvalue weighted by molar-refractivity contribution is 0.299. The molecule has 1 aromatic rings. The highest BCUT2D eigenvalue weighted by Crippen LogP contribution is 2.46. The zero-order valence-electron chi connectivity index (χ0n) is 14.5. The summed E-state index contributed by atoms with van der Waals surface area (Å²) < 4.78 is 12.3. The number of amidine groups is 1. The van der Waals surface area contributed by atoms with Gasteiger partial charge in [0.25, 0.3) is 0 Å². The minimum absolute atomic E-state index is 0.0371. The Labute approximate surface area is 153 Å². The third-order valence-electron chi connectivity index (χ3n) is 4.62. The summed E-state index contributed by atoms with van der Waals surface area (Å²) in [5.74, 6) is 1.03. The fourth-order valence-corrected chi connectivity index (χ4v) is 3.29. The molecule has 1 aromatic carbocycles. The van der Waals surface area contributed by atoms with Crippen molar-refractivity contribution in [1.82, 2.24) is 10.3 Å². The number of halogens is 2. The summed E-state index contributed by atoms with van der Waals surface area (Å²) >= 11 is 5.99. The van der Waals surface area contributed by atoms with Crippen LogP contribution in [0.25, 0.3) is 0 Å². The van der Waals surface area contributed by atoms with Crippen molar-refractivity contribution in [2.24, 2.45) is 5.10 Å². The van der Waals surface area contributed by atoms with Crippen LogP contribution in [0.2, 0.25) is 5.02 Å². The van der Waals surface area contributed by atoms with Crippen LogP contribution in [0.1, 0.15) is 24.8 Å². The Balaban J connectivity index is 0.000000511. The first kappa shape index (κ1) is 19.5. The monoisotopic (exact) mass is 365 g/mol. The second-order valence-corrected chi connectivity index (χ2v) is 6.55. The number of hydrogen-bond acceptors (Lipinski definition) is 4. The lowest BCUT2D eigenvalue weighted by Crippen LogP contribution is -2.50. The summed E-state index contributed by atoms with van der Waals surface area (Å²) in [7, 11) is 2.00. The van der Waals surface area contributed by atoms with Crippen LogP contribution in [0.5, 0.6) is 0 Å². The van der Waals surface area contributed by atoms with E-state index >= 15 is 0 Å². The molecule has 0 bridgehead atoms. The molecule has 1 fully saturated rings. The number of aliphatic hydroxyl groups excluding tert-OH is 1. The highest BCUT2D eigenvalue weighted by molar-refractivity contribution is 6.30. The van der Waals surface area contributed by atoms with E-state index in [0.717, 1.165) is 23.7 Å². The van der Waals surface area contributed by atoms with Gasteiger partial charge in [-0.1, -0.05) is 42.3 Å². The van der Waals surface area contributed by atoms with Crippen molar-refractivity contribution in [3.05, 3.63) is 59.7 Å². The van der Waals surface area contributed by atoms with Gasteiger partial charge in [-0.05, 0) is 36.6 Å². The Morgan fingerprint density at radius 1 is 1.44 bits per heavy atom. The molecular formula is C19H25ClFN3O. The van der Waals surface area contributed by atoms with Crippen molar-refractivity contribution >= 4 is 17.4 Å². The summed E-state index contributed by atoms with van der Waals surface area (Å²) in [6.07, 6.45) is 8.05. The van der Waals surface area contributed by atoms with Gasteiger partial charge in [0.2, 0.25) is 0 Å². The normalized spacial score (nSPS) is 21.0. The van der Waals surface area contributed by atoms with Crippen LogP contribution < -0.4 is 5.43 Å². The number of allylic oxidation sites excluding steroid dienone is 1. The minimum atomic E-state index is -0.455. The number of nitrogens with one attached hydrogen (secondary N) is 1. The molecular weight excluding hydrogens is 341 g/mol. The van der Waals surface area contributed by atoms with Crippen molar-refractivity contribution < 1.29 is 9.50 Å². The molecule has 0 radical (unpaired) electrons. The number of hydrogen-bond donors (Lipinski definition) is 2. The Morgan fingerprint density at radius 3 is 2.56 bits per heavy atom. The van der Waals surface area contributed by atoms with Crippen molar-refractivity contribution in [3.63, 3.8) is 0 Å². The molecule has 1 atom stereocenters. The van der Waals surface area contributed by atoms with E-state index in [0.29, 0.717) is 0 Å². The number of likely N-dealkylation sites (N-methyl/N-ethyl adjacent to an activating group) is 1. The Kier molecular flexibility index (Phi) is 7.02. The number of hydrazone groups is 1. The molecule has 2 aliphatic rings. The molecule has 4 nitrogen and oxygen atoms in total. The van der Waals surface area contributed by atoms with Crippen LogP contribution in [0.3, 0.4) is 0 Å². The van der Waals surface area contributed by atoms with Crippen LogP contribution in [0.4, 0.5) is 4.39 Å². The van der Waals surface area contributed by atoms with Crippen molar-refractivity contribution in [2.75, 3.05) is 20.3 Å². The minimum Gasteiger partial charge on any atom is -0.392 e. The van der Waals surface area contributed by atoms with Crippen molar-refractivity contribution in [3.8, 4) is 0 Å². The first-order valence-corrected chi connectivity index (χ1v) is 8.74. The highest BCUT2D eigenvalue weighted by Gasteiger charge is 2.47. The molecule has 136 valence electrons. The predicted molar refractivity (Wildman–Crippen MR) is 102 cm³/mol. The van der Waals surface area contributed by atoms with E-state index in [1.807, 2.05) is 25.3 Å². The molecule has 25 heavy (non-hydrogen) atoms. The second-order valence-electron chi connectivity index (χ2n) is 6.12. The summed E-state index contributed by atoms with van der Waals surface area (Å²) in [6, 6.07) is 8.03. The van der Waals surface area contributed by atoms with E-state index in [4.69, 9.17) is 16.7 Å². The number of rotatable bonds is 5. The molecule has 0 amide bonds. The summed E-state index contributed by atoms with van der Waals surface area (Å²) in [5, 5.41) is 13.0. The van der Waals surface area contributed by atoms with E-state index < -0.39 is 6.67 Å². The fraction of sp³-hybridized carbons (Fsp3) is 0.421. The fourth-order valence-electron chi connectivity index (χ4n) is 3.16. The first-order chi connectivity index (χ1) is 12.1. The maximum atomic E-state index is 12.3. The molecule has 1 unspecified atom stereocenters. The lowest BCUT2D eigenvalue weighted by Gasteiger charge is -2.44. The maximum Gasteiger partial charge on any atom is 0.137 e. The van der Waals surface area contributed by atoms with Crippen LogP contribution >= 0.6 is 11.6 Å². The van der Waals surface area contributed by atoms with Gasteiger partial charge in [0.05, 0.1) is 12.0 Å². The van der Waals surface area contributed by atoms with E-state index in [1.165, 1.54) is 24.1 Å². The quantitative estimate of drug-likeness (QED) is 0.783. The smallest absolute Gasteiger partial charge is 0.137 e. The predicted octanol–water partition coefficient (Wildman–Crippen LogP) is 3.63. The molecule has 0 saturated heterocycles. The zero-order valence-corrected chi connectivity index (χ0v) is 15.2. The van der Waals surface area contributed by atoms with Gasteiger partial charge in [-0.15, -0.1) is 6.58 Å². The lowest BCUT2D eigenvalue weighted by atomic mass is 9.63. The van der Waals surface area contributed by atoms with Gasteiger partial charge in [0.15, 0.2) is 0 Å². The van der Waals surface area contributed by atoms with E-state index in [-0.39, 0.29) is 18.2 Å². The van der Waals surface area contributed by atoms with Gasteiger partial charge < -0.3 is 10.0 Å². The molecule has 2 N–H and O–H groups in total. The molecule has 0 spiro atoms. The molecule has 3 rings (SSSR count). The zero-order chi connectivity index (χ0) is 18.3. The number of aliphatic hydroxyl groups is 1. The highest BCUT2D eigenvalue weighted by atomic mass is 35.5.